The van der Waals surface area contributed by atoms with Crippen molar-refractivity contribution in [2.75, 3.05) is 26.7 Å². The van der Waals surface area contributed by atoms with Gasteiger partial charge in [0.15, 0.2) is 0 Å². The second kappa shape index (κ2) is 7.66. The van der Waals surface area contributed by atoms with Gasteiger partial charge in [0.2, 0.25) is 0 Å². The van der Waals surface area contributed by atoms with E-state index in [2.05, 4.69) is 88.0 Å². The molecular weight excluding hydrogens is 374 g/mol. The Morgan fingerprint density at radius 3 is 2.53 bits per heavy atom. The summed E-state index contributed by atoms with van der Waals surface area (Å²) in [6.45, 7) is 5.99. The van der Waals surface area contributed by atoms with E-state index in [4.69, 9.17) is 0 Å². The minimum atomic E-state index is 0.221. The summed E-state index contributed by atoms with van der Waals surface area (Å²) in [6, 6.07) is 13.1. The Kier molecular flexibility index (Phi) is 4.84. The normalized spacial score (nSPS) is 18.3. The summed E-state index contributed by atoms with van der Waals surface area (Å²) in [5, 5.41) is 13.3. The number of piperazine rings is 1. The first kappa shape index (κ1) is 19.0. The molecule has 1 aliphatic heterocycles. The van der Waals surface area contributed by atoms with Crippen LogP contribution in [-0.4, -0.2) is 61.1 Å². The van der Waals surface area contributed by atoms with Gasteiger partial charge >= 0.3 is 0 Å². The first-order valence-corrected chi connectivity index (χ1v) is 10.4. The van der Waals surface area contributed by atoms with Crippen LogP contribution >= 0.6 is 0 Å². The predicted octanol–water partition coefficient (Wildman–Crippen LogP) is 2.93. The quantitative estimate of drug-likeness (QED) is 0.526. The minimum Gasteiger partial charge on any atom is -0.296 e. The van der Waals surface area contributed by atoms with Gasteiger partial charge in [-0.3, -0.25) is 14.5 Å². The van der Waals surface area contributed by atoms with Crippen LogP contribution in [0.5, 0.6) is 0 Å². The average molecular weight is 402 g/mol. The van der Waals surface area contributed by atoms with Crippen molar-refractivity contribution in [3.05, 3.63) is 71.8 Å². The highest BCUT2D eigenvalue weighted by atomic mass is 15.4. The van der Waals surface area contributed by atoms with Gasteiger partial charge in [0.05, 0.1) is 17.8 Å². The van der Waals surface area contributed by atoms with Crippen LogP contribution in [0.4, 0.5) is 0 Å². The molecule has 4 heterocycles. The van der Waals surface area contributed by atoms with Gasteiger partial charge in [0, 0.05) is 56.7 Å². The minimum absolute atomic E-state index is 0.221. The number of aryl methyl sites for hydroxylation is 2. The summed E-state index contributed by atoms with van der Waals surface area (Å²) in [4.78, 5) is 4.87. The van der Waals surface area contributed by atoms with Crippen molar-refractivity contribution >= 4 is 5.52 Å². The zero-order valence-corrected chi connectivity index (χ0v) is 17.7. The highest BCUT2D eigenvalue weighted by Gasteiger charge is 2.29. The molecule has 5 rings (SSSR count). The summed E-state index contributed by atoms with van der Waals surface area (Å²) in [6.07, 6.45) is 6.12. The maximum absolute atomic E-state index is 4.59. The molecule has 30 heavy (non-hydrogen) atoms. The van der Waals surface area contributed by atoms with Gasteiger partial charge in [-0.1, -0.05) is 41.1 Å². The number of fused-ring (bicyclic) bond motifs is 1. The molecule has 0 radical (unpaired) electrons. The van der Waals surface area contributed by atoms with Crippen LogP contribution in [0.25, 0.3) is 16.6 Å². The van der Waals surface area contributed by atoms with Gasteiger partial charge in [-0.15, -0.1) is 5.10 Å². The lowest BCUT2D eigenvalue weighted by molar-refractivity contribution is 0.0889. The Labute approximate surface area is 176 Å². The highest BCUT2D eigenvalue weighted by molar-refractivity contribution is 5.66. The van der Waals surface area contributed by atoms with Crippen molar-refractivity contribution in [1.29, 1.82) is 0 Å². The van der Waals surface area contributed by atoms with Crippen LogP contribution in [-0.2, 0) is 13.6 Å². The Balaban J connectivity index is 1.40. The molecular formula is C23H27N7. The molecule has 1 aromatic carbocycles. The molecule has 1 atom stereocenters. The molecule has 0 N–H and O–H groups in total. The molecule has 0 spiro atoms. The molecule has 0 amide bonds. The van der Waals surface area contributed by atoms with E-state index in [0.717, 1.165) is 43.0 Å². The number of aromatic nitrogens is 5. The Hall–Kier alpha value is -3.03. The molecule has 0 saturated carbocycles. The largest absolute Gasteiger partial charge is 0.296 e. The lowest BCUT2D eigenvalue weighted by atomic mass is 10.0. The van der Waals surface area contributed by atoms with Gasteiger partial charge in [0.25, 0.3) is 0 Å². The summed E-state index contributed by atoms with van der Waals surface area (Å²) in [7, 11) is 4.14. The van der Waals surface area contributed by atoms with E-state index < -0.39 is 0 Å². The molecule has 1 fully saturated rings. The number of hydrogen-bond acceptors (Lipinski definition) is 5. The van der Waals surface area contributed by atoms with Crippen LogP contribution in [0.2, 0.25) is 0 Å². The van der Waals surface area contributed by atoms with Crippen LogP contribution in [0.1, 0.15) is 22.9 Å². The molecule has 0 unspecified atom stereocenters. The third-order valence-corrected chi connectivity index (χ3v) is 6.04. The van der Waals surface area contributed by atoms with E-state index in [-0.39, 0.29) is 6.04 Å². The van der Waals surface area contributed by atoms with Crippen molar-refractivity contribution in [1.82, 2.24) is 34.4 Å². The zero-order chi connectivity index (χ0) is 20.7. The van der Waals surface area contributed by atoms with E-state index in [1.807, 2.05) is 22.4 Å². The fraction of sp³-hybridized carbons (Fsp3) is 0.348. The van der Waals surface area contributed by atoms with Crippen LogP contribution in [0.15, 0.2) is 55.0 Å². The number of hydrogen-bond donors (Lipinski definition) is 0. The second-order valence-corrected chi connectivity index (χ2v) is 8.34. The number of pyridine rings is 1. The zero-order valence-electron chi connectivity index (χ0n) is 17.7. The molecule has 0 aliphatic carbocycles. The molecule has 1 saturated heterocycles. The van der Waals surface area contributed by atoms with E-state index in [0.29, 0.717) is 0 Å². The van der Waals surface area contributed by atoms with Crippen molar-refractivity contribution in [3.8, 4) is 11.1 Å². The predicted molar refractivity (Wildman–Crippen MR) is 117 cm³/mol. The van der Waals surface area contributed by atoms with E-state index in [9.17, 15) is 0 Å². The number of rotatable bonds is 4. The number of benzene rings is 1. The highest BCUT2D eigenvalue weighted by Crippen LogP contribution is 2.28. The van der Waals surface area contributed by atoms with E-state index >= 15 is 0 Å². The van der Waals surface area contributed by atoms with Crippen molar-refractivity contribution in [2.24, 2.45) is 7.05 Å². The standard InChI is InChI=1S/C23H27N7/c1-17-4-6-19(7-5-17)20-8-9-21-23(25-26-30(21)15-20)22-16-29(11-10-27(22)2)14-18-12-24-28(3)13-18/h4-9,12-13,15,22H,10-11,14,16H2,1-3H3/t22-/m0/s1. The molecule has 0 bridgehead atoms. The smallest absolute Gasteiger partial charge is 0.109 e. The van der Waals surface area contributed by atoms with Crippen molar-refractivity contribution in [3.63, 3.8) is 0 Å². The van der Waals surface area contributed by atoms with Gasteiger partial charge in [-0.25, -0.2) is 4.52 Å². The first-order chi connectivity index (χ1) is 14.6. The fourth-order valence-corrected chi connectivity index (χ4v) is 4.25. The summed E-state index contributed by atoms with van der Waals surface area (Å²) < 4.78 is 3.78. The van der Waals surface area contributed by atoms with Crippen LogP contribution in [0.3, 0.4) is 0 Å². The van der Waals surface area contributed by atoms with Gasteiger partial charge in [-0.2, -0.15) is 5.10 Å². The summed E-state index contributed by atoms with van der Waals surface area (Å²) >= 11 is 0. The summed E-state index contributed by atoms with van der Waals surface area (Å²) in [5.74, 6) is 0. The average Bonchev–Trinajstić information content (AvgIpc) is 3.35. The van der Waals surface area contributed by atoms with Crippen molar-refractivity contribution in [2.45, 2.75) is 19.5 Å². The molecule has 154 valence electrons. The Bertz CT molecular complexity index is 1160. The number of nitrogens with zero attached hydrogens (tertiary/aromatic N) is 7. The Morgan fingerprint density at radius 2 is 1.77 bits per heavy atom. The monoisotopic (exact) mass is 401 g/mol. The van der Waals surface area contributed by atoms with E-state index in [1.54, 1.807) is 0 Å². The molecule has 3 aromatic heterocycles. The second-order valence-electron chi connectivity index (χ2n) is 8.34. The van der Waals surface area contributed by atoms with Gasteiger partial charge in [0.1, 0.15) is 5.69 Å². The lowest BCUT2D eigenvalue weighted by Crippen LogP contribution is -2.46. The number of likely N-dealkylation sites (N-methyl/N-ethyl adjacent to an activating group) is 1. The third-order valence-electron chi connectivity index (χ3n) is 6.04. The lowest BCUT2D eigenvalue weighted by Gasteiger charge is -2.38. The molecule has 1 aliphatic rings. The SMILES string of the molecule is Cc1ccc(-c2ccc3c([C@@H]4CN(Cc5cnn(C)c5)CCN4C)nnn3c2)cc1. The maximum Gasteiger partial charge on any atom is 0.109 e. The molecule has 7 heteroatoms. The van der Waals surface area contributed by atoms with Crippen LogP contribution in [0, 0.1) is 6.92 Å². The van der Waals surface area contributed by atoms with Gasteiger partial charge < -0.3 is 0 Å². The molecule has 4 aromatic rings. The molecule has 7 nitrogen and oxygen atoms in total. The fourth-order valence-electron chi connectivity index (χ4n) is 4.25. The van der Waals surface area contributed by atoms with Gasteiger partial charge in [-0.05, 0) is 25.6 Å². The first-order valence-electron chi connectivity index (χ1n) is 10.4. The van der Waals surface area contributed by atoms with Crippen molar-refractivity contribution < 1.29 is 0 Å². The summed E-state index contributed by atoms with van der Waals surface area (Å²) in [5.41, 5.74) is 6.97. The topological polar surface area (TPSA) is 54.5 Å². The Morgan fingerprint density at radius 1 is 0.967 bits per heavy atom. The van der Waals surface area contributed by atoms with Crippen LogP contribution < -0.4 is 0 Å². The third kappa shape index (κ3) is 3.62. The maximum atomic E-state index is 4.59. The van der Waals surface area contributed by atoms with E-state index in [1.165, 1.54) is 16.7 Å².